The molecule has 0 bridgehead atoms. The molecule has 0 radical (unpaired) electrons. The first-order valence-corrected chi connectivity index (χ1v) is 11.1. The number of thiazole rings is 1. The SMILES string of the molecule is COc1ccc(OCCN(C)Cc2csc(CC(=O)Nc3cc(C)ccc3C)n2)cc1. The van der Waals surface area contributed by atoms with Gasteiger partial charge in [0, 0.05) is 24.2 Å². The summed E-state index contributed by atoms with van der Waals surface area (Å²) in [5.41, 5.74) is 4.00. The molecule has 3 rings (SSSR count). The summed E-state index contributed by atoms with van der Waals surface area (Å²) in [7, 11) is 3.68. The van der Waals surface area contributed by atoms with Gasteiger partial charge in [-0.3, -0.25) is 9.69 Å². The number of aromatic nitrogens is 1. The predicted molar refractivity (Wildman–Crippen MR) is 125 cm³/mol. The van der Waals surface area contributed by atoms with E-state index >= 15 is 0 Å². The van der Waals surface area contributed by atoms with Gasteiger partial charge in [-0.2, -0.15) is 0 Å². The Balaban J connectivity index is 1.43. The van der Waals surface area contributed by atoms with Gasteiger partial charge >= 0.3 is 0 Å². The Hall–Kier alpha value is -2.90. The Morgan fingerprint density at radius 3 is 2.61 bits per heavy atom. The minimum Gasteiger partial charge on any atom is -0.497 e. The van der Waals surface area contributed by atoms with Crippen molar-refractivity contribution in [3.05, 3.63) is 69.7 Å². The quantitative estimate of drug-likeness (QED) is 0.505. The van der Waals surface area contributed by atoms with Gasteiger partial charge in [-0.05, 0) is 62.4 Å². The third kappa shape index (κ3) is 7.08. The number of hydrogen-bond donors (Lipinski definition) is 1. The van der Waals surface area contributed by atoms with Crippen LogP contribution < -0.4 is 14.8 Å². The fourth-order valence-corrected chi connectivity index (χ4v) is 3.84. The molecule has 0 unspecified atom stereocenters. The van der Waals surface area contributed by atoms with Crippen molar-refractivity contribution >= 4 is 22.9 Å². The highest BCUT2D eigenvalue weighted by atomic mass is 32.1. The standard InChI is InChI=1S/C24H29N3O3S/c1-17-5-6-18(2)22(13-17)26-23(28)14-24-25-19(16-31-24)15-27(3)11-12-30-21-9-7-20(29-4)8-10-21/h5-10,13,16H,11-12,14-15H2,1-4H3,(H,26,28). The fraction of sp³-hybridized carbons (Fsp3) is 0.333. The van der Waals surface area contributed by atoms with Gasteiger partial charge in [-0.15, -0.1) is 11.3 Å². The normalized spacial score (nSPS) is 10.9. The zero-order chi connectivity index (χ0) is 22.2. The maximum absolute atomic E-state index is 12.4. The predicted octanol–water partition coefficient (Wildman–Crippen LogP) is 4.46. The molecule has 0 aliphatic rings. The van der Waals surface area contributed by atoms with Gasteiger partial charge in [0.1, 0.15) is 23.1 Å². The first kappa shape index (κ1) is 22.8. The molecule has 1 heterocycles. The first-order chi connectivity index (χ1) is 14.9. The highest BCUT2D eigenvalue weighted by molar-refractivity contribution is 7.09. The van der Waals surface area contributed by atoms with E-state index in [1.165, 1.54) is 11.3 Å². The number of amides is 1. The molecule has 0 spiro atoms. The largest absolute Gasteiger partial charge is 0.497 e. The van der Waals surface area contributed by atoms with E-state index < -0.39 is 0 Å². The second-order valence-electron chi connectivity index (χ2n) is 7.54. The molecule has 31 heavy (non-hydrogen) atoms. The van der Waals surface area contributed by atoms with Crippen LogP contribution in [0.3, 0.4) is 0 Å². The molecule has 0 saturated heterocycles. The van der Waals surface area contributed by atoms with Crippen LogP contribution in [0.4, 0.5) is 5.69 Å². The molecule has 0 aliphatic heterocycles. The molecule has 2 aromatic carbocycles. The lowest BCUT2D eigenvalue weighted by atomic mass is 10.1. The van der Waals surface area contributed by atoms with Gasteiger partial charge in [0.25, 0.3) is 0 Å². The van der Waals surface area contributed by atoms with Crippen molar-refractivity contribution in [1.82, 2.24) is 9.88 Å². The van der Waals surface area contributed by atoms with Gasteiger partial charge in [0.2, 0.25) is 5.91 Å². The van der Waals surface area contributed by atoms with Crippen molar-refractivity contribution in [2.45, 2.75) is 26.8 Å². The van der Waals surface area contributed by atoms with E-state index in [2.05, 4.69) is 15.2 Å². The monoisotopic (exact) mass is 439 g/mol. The van der Waals surface area contributed by atoms with Crippen molar-refractivity contribution in [3.63, 3.8) is 0 Å². The van der Waals surface area contributed by atoms with E-state index in [1.54, 1.807) is 7.11 Å². The number of ether oxygens (including phenoxy) is 2. The lowest BCUT2D eigenvalue weighted by Gasteiger charge is -2.15. The van der Waals surface area contributed by atoms with Crippen LogP contribution >= 0.6 is 11.3 Å². The van der Waals surface area contributed by atoms with E-state index in [4.69, 9.17) is 9.47 Å². The van der Waals surface area contributed by atoms with E-state index in [0.717, 1.165) is 45.6 Å². The molecular formula is C24H29N3O3S. The molecule has 3 aromatic rings. The summed E-state index contributed by atoms with van der Waals surface area (Å²) in [6.07, 6.45) is 0.280. The Morgan fingerprint density at radius 1 is 1.13 bits per heavy atom. The summed E-state index contributed by atoms with van der Waals surface area (Å²) in [6, 6.07) is 13.6. The molecule has 7 heteroatoms. The minimum absolute atomic E-state index is 0.0455. The van der Waals surface area contributed by atoms with E-state index in [9.17, 15) is 4.79 Å². The maximum atomic E-state index is 12.4. The molecule has 6 nitrogen and oxygen atoms in total. The van der Waals surface area contributed by atoms with Crippen molar-refractivity contribution in [2.75, 3.05) is 32.6 Å². The number of nitrogens with zero attached hydrogens (tertiary/aromatic N) is 2. The smallest absolute Gasteiger partial charge is 0.231 e. The summed E-state index contributed by atoms with van der Waals surface area (Å²) in [6.45, 7) is 6.07. The van der Waals surface area contributed by atoms with Gasteiger partial charge in [-0.1, -0.05) is 12.1 Å². The number of carbonyl (C=O) groups excluding carboxylic acids is 1. The number of hydrogen-bond acceptors (Lipinski definition) is 6. The molecule has 1 aromatic heterocycles. The van der Waals surface area contributed by atoms with Crippen LogP contribution in [0.5, 0.6) is 11.5 Å². The van der Waals surface area contributed by atoms with E-state index in [-0.39, 0.29) is 12.3 Å². The highest BCUT2D eigenvalue weighted by Crippen LogP contribution is 2.19. The summed E-state index contributed by atoms with van der Waals surface area (Å²) < 4.78 is 10.9. The summed E-state index contributed by atoms with van der Waals surface area (Å²) >= 11 is 1.52. The zero-order valence-corrected chi connectivity index (χ0v) is 19.3. The second kappa shape index (κ2) is 10.9. The van der Waals surface area contributed by atoms with Crippen LogP contribution in [0.25, 0.3) is 0 Å². The molecule has 0 aliphatic carbocycles. The number of carbonyl (C=O) groups is 1. The highest BCUT2D eigenvalue weighted by Gasteiger charge is 2.11. The van der Waals surface area contributed by atoms with Crippen LogP contribution in [0.15, 0.2) is 47.8 Å². The Morgan fingerprint density at radius 2 is 1.87 bits per heavy atom. The van der Waals surface area contributed by atoms with E-state index in [0.29, 0.717) is 13.2 Å². The maximum Gasteiger partial charge on any atom is 0.231 e. The van der Waals surface area contributed by atoms with Crippen molar-refractivity contribution in [2.24, 2.45) is 0 Å². The Kier molecular flexibility index (Phi) is 8.03. The minimum atomic E-state index is -0.0455. The zero-order valence-electron chi connectivity index (χ0n) is 18.5. The van der Waals surface area contributed by atoms with Gasteiger partial charge in [0.05, 0.1) is 19.2 Å². The van der Waals surface area contributed by atoms with E-state index in [1.807, 2.05) is 68.7 Å². The molecule has 0 atom stereocenters. The number of methoxy groups -OCH3 is 1. The Labute approximate surface area is 187 Å². The van der Waals surface area contributed by atoms with Gasteiger partial charge in [-0.25, -0.2) is 4.98 Å². The summed E-state index contributed by atoms with van der Waals surface area (Å²) in [4.78, 5) is 19.2. The molecule has 0 saturated carbocycles. The van der Waals surface area contributed by atoms with Crippen LogP contribution in [0.1, 0.15) is 21.8 Å². The van der Waals surface area contributed by atoms with Crippen molar-refractivity contribution in [3.8, 4) is 11.5 Å². The van der Waals surface area contributed by atoms with Crippen LogP contribution in [-0.4, -0.2) is 43.1 Å². The first-order valence-electron chi connectivity index (χ1n) is 10.2. The van der Waals surface area contributed by atoms with Gasteiger partial charge in [0.15, 0.2) is 0 Å². The van der Waals surface area contributed by atoms with Crippen molar-refractivity contribution in [1.29, 1.82) is 0 Å². The average molecular weight is 440 g/mol. The molecular weight excluding hydrogens is 410 g/mol. The van der Waals surface area contributed by atoms with Crippen LogP contribution in [0.2, 0.25) is 0 Å². The number of benzene rings is 2. The summed E-state index contributed by atoms with van der Waals surface area (Å²) in [5, 5.41) is 5.83. The number of anilines is 1. The number of rotatable bonds is 10. The topological polar surface area (TPSA) is 63.7 Å². The lowest BCUT2D eigenvalue weighted by molar-refractivity contribution is -0.115. The second-order valence-corrected chi connectivity index (χ2v) is 8.48. The average Bonchev–Trinajstić information content (AvgIpc) is 3.17. The molecule has 164 valence electrons. The summed E-state index contributed by atoms with van der Waals surface area (Å²) in [5.74, 6) is 1.59. The van der Waals surface area contributed by atoms with Crippen LogP contribution in [-0.2, 0) is 17.8 Å². The molecule has 1 N–H and O–H groups in total. The number of likely N-dealkylation sites (N-methyl/N-ethyl adjacent to an activating group) is 1. The fourth-order valence-electron chi connectivity index (χ4n) is 3.05. The van der Waals surface area contributed by atoms with Crippen molar-refractivity contribution < 1.29 is 14.3 Å². The third-order valence-corrected chi connectivity index (χ3v) is 5.71. The number of nitrogens with one attached hydrogen (secondary N) is 1. The lowest BCUT2D eigenvalue weighted by Crippen LogP contribution is -2.24. The third-order valence-electron chi connectivity index (χ3n) is 4.81. The van der Waals surface area contributed by atoms with Crippen LogP contribution in [0, 0.1) is 13.8 Å². The molecule has 1 amide bonds. The molecule has 0 fully saturated rings. The number of aryl methyl sites for hydroxylation is 2. The van der Waals surface area contributed by atoms with Gasteiger partial charge < -0.3 is 14.8 Å². The Bertz CT molecular complexity index is 1000.